The van der Waals surface area contributed by atoms with Gasteiger partial charge in [-0.2, -0.15) is 13.2 Å². The third-order valence-corrected chi connectivity index (χ3v) is 2.77. The molecule has 0 spiro atoms. The van der Waals surface area contributed by atoms with Gasteiger partial charge in [0.15, 0.2) is 0 Å². The number of alkyl halides is 3. The standard InChI is InChI=1S/C13H17ClF3NO2/c14-11-2-4-12(5-3-11)20-9-1-6-18(7-8-19)10-13(15,16)17/h2-5,19H,1,6-10H2. The van der Waals surface area contributed by atoms with Crippen LogP contribution < -0.4 is 4.74 Å². The first-order chi connectivity index (χ1) is 9.40. The Hall–Kier alpha value is -0.980. The first-order valence-electron chi connectivity index (χ1n) is 6.19. The van der Waals surface area contributed by atoms with Crippen molar-refractivity contribution >= 4 is 11.6 Å². The van der Waals surface area contributed by atoms with Crippen LogP contribution in [0.3, 0.4) is 0 Å². The summed E-state index contributed by atoms with van der Waals surface area (Å²) in [7, 11) is 0. The van der Waals surface area contributed by atoms with E-state index in [0.29, 0.717) is 23.8 Å². The summed E-state index contributed by atoms with van der Waals surface area (Å²) < 4.78 is 42.2. The molecule has 0 amide bonds. The summed E-state index contributed by atoms with van der Waals surface area (Å²) in [6.07, 6.45) is -3.81. The molecule has 7 heteroatoms. The fourth-order valence-electron chi connectivity index (χ4n) is 1.67. The Morgan fingerprint density at radius 1 is 1.15 bits per heavy atom. The molecule has 1 N–H and O–H groups in total. The van der Waals surface area contributed by atoms with Gasteiger partial charge >= 0.3 is 6.18 Å². The lowest BCUT2D eigenvalue weighted by atomic mass is 10.3. The van der Waals surface area contributed by atoms with Crippen molar-refractivity contribution in [3.8, 4) is 5.75 Å². The first kappa shape index (κ1) is 17.1. The van der Waals surface area contributed by atoms with Crippen LogP contribution in [0.25, 0.3) is 0 Å². The van der Waals surface area contributed by atoms with Crippen molar-refractivity contribution in [1.82, 2.24) is 4.90 Å². The quantitative estimate of drug-likeness (QED) is 0.749. The zero-order valence-corrected chi connectivity index (χ0v) is 11.6. The number of benzene rings is 1. The molecule has 0 saturated carbocycles. The molecule has 20 heavy (non-hydrogen) atoms. The lowest BCUT2D eigenvalue weighted by Gasteiger charge is -2.22. The Bertz CT molecular complexity index is 384. The maximum atomic E-state index is 12.3. The van der Waals surface area contributed by atoms with Crippen LogP contribution in [0, 0.1) is 0 Å². The number of halogens is 4. The second kappa shape index (κ2) is 8.34. The Morgan fingerprint density at radius 2 is 1.80 bits per heavy atom. The minimum Gasteiger partial charge on any atom is -0.494 e. The molecule has 1 aromatic carbocycles. The average molecular weight is 312 g/mol. The van der Waals surface area contributed by atoms with Crippen LogP contribution in [-0.2, 0) is 0 Å². The molecule has 0 aliphatic heterocycles. The van der Waals surface area contributed by atoms with E-state index in [1.807, 2.05) is 0 Å². The van der Waals surface area contributed by atoms with E-state index < -0.39 is 12.7 Å². The maximum absolute atomic E-state index is 12.3. The molecular formula is C13H17ClF3NO2. The van der Waals surface area contributed by atoms with E-state index in [-0.39, 0.29) is 19.7 Å². The van der Waals surface area contributed by atoms with Gasteiger partial charge in [-0.15, -0.1) is 0 Å². The van der Waals surface area contributed by atoms with Crippen molar-refractivity contribution in [2.75, 3.05) is 32.8 Å². The number of aliphatic hydroxyl groups excluding tert-OH is 1. The monoisotopic (exact) mass is 311 g/mol. The zero-order chi connectivity index (χ0) is 15.0. The van der Waals surface area contributed by atoms with Gasteiger partial charge < -0.3 is 9.84 Å². The van der Waals surface area contributed by atoms with Crippen LogP contribution in [0.15, 0.2) is 24.3 Å². The van der Waals surface area contributed by atoms with E-state index in [2.05, 4.69) is 0 Å². The van der Waals surface area contributed by atoms with Gasteiger partial charge in [-0.1, -0.05) is 11.6 Å². The molecule has 0 aromatic heterocycles. The van der Waals surface area contributed by atoms with Crippen molar-refractivity contribution < 1.29 is 23.0 Å². The van der Waals surface area contributed by atoms with E-state index in [4.69, 9.17) is 21.4 Å². The number of hydrogen-bond donors (Lipinski definition) is 1. The fraction of sp³-hybridized carbons (Fsp3) is 0.538. The normalized spacial score (nSPS) is 11.9. The highest BCUT2D eigenvalue weighted by Crippen LogP contribution is 2.17. The zero-order valence-electron chi connectivity index (χ0n) is 10.9. The number of hydrogen-bond acceptors (Lipinski definition) is 3. The second-order valence-electron chi connectivity index (χ2n) is 4.27. The molecule has 0 saturated heterocycles. The molecule has 114 valence electrons. The van der Waals surface area contributed by atoms with Gasteiger partial charge in [0.1, 0.15) is 5.75 Å². The van der Waals surface area contributed by atoms with Crippen molar-refractivity contribution in [2.24, 2.45) is 0 Å². The van der Waals surface area contributed by atoms with E-state index in [9.17, 15) is 13.2 Å². The van der Waals surface area contributed by atoms with Gasteiger partial charge in [-0.25, -0.2) is 0 Å². The fourth-order valence-corrected chi connectivity index (χ4v) is 1.80. The summed E-state index contributed by atoms with van der Waals surface area (Å²) in [5.74, 6) is 0.624. The third kappa shape index (κ3) is 7.57. The van der Waals surface area contributed by atoms with E-state index in [0.717, 1.165) is 4.90 Å². The summed E-state index contributed by atoms with van der Waals surface area (Å²) >= 11 is 5.72. The number of aliphatic hydroxyl groups is 1. The summed E-state index contributed by atoms with van der Waals surface area (Å²) in [5.41, 5.74) is 0. The molecule has 0 fully saturated rings. The molecule has 1 aromatic rings. The highest BCUT2D eigenvalue weighted by Gasteiger charge is 2.30. The van der Waals surface area contributed by atoms with Crippen LogP contribution in [0.4, 0.5) is 13.2 Å². The largest absolute Gasteiger partial charge is 0.494 e. The van der Waals surface area contributed by atoms with Gasteiger partial charge in [0, 0.05) is 18.1 Å². The maximum Gasteiger partial charge on any atom is 0.401 e. The van der Waals surface area contributed by atoms with Gasteiger partial charge in [-0.3, -0.25) is 4.90 Å². The second-order valence-corrected chi connectivity index (χ2v) is 4.71. The molecule has 1 rings (SSSR count). The van der Waals surface area contributed by atoms with Crippen LogP contribution in [0.5, 0.6) is 5.75 Å². The number of ether oxygens (including phenoxy) is 1. The van der Waals surface area contributed by atoms with Crippen molar-refractivity contribution in [3.63, 3.8) is 0 Å². The van der Waals surface area contributed by atoms with E-state index in [1.165, 1.54) is 0 Å². The number of rotatable bonds is 8. The Labute approximate surface area is 120 Å². The van der Waals surface area contributed by atoms with Crippen LogP contribution >= 0.6 is 11.6 Å². The molecule has 0 unspecified atom stereocenters. The minimum absolute atomic E-state index is 0.000451. The number of nitrogens with zero attached hydrogens (tertiary/aromatic N) is 1. The Balaban J connectivity index is 2.28. The molecule has 0 radical (unpaired) electrons. The minimum atomic E-state index is -4.26. The highest BCUT2D eigenvalue weighted by molar-refractivity contribution is 6.30. The predicted octanol–water partition coefficient (Wildman–Crippen LogP) is 2.97. The Morgan fingerprint density at radius 3 is 2.35 bits per heavy atom. The molecule has 0 aliphatic rings. The van der Waals surface area contributed by atoms with E-state index >= 15 is 0 Å². The SMILES string of the molecule is OCCN(CCCOc1ccc(Cl)cc1)CC(F)(F)F. The van der Waals surface area contributed by atoms with Gasteiger partial charge in [0.2, 0.25) is 0 Å². The molecule has 0 aliphatic carbocycles. The molecular weight excluding hydrogens is 295 g/mol. The smallest absolute Gasteiger partial charge is 0.401 e. The van der Waals surface area contributed by atoms with Crippen molar-refractivity contribution in [1.29, 1.82) is 0 Å². The Kier molecular flexibility index (Phi) is 7.12. The summed E-state index contributed by atoms with van der Waals surface area (Å²) in [4.78, 5) is 1.16. The molecule has 0 heterocycles. The summed E-state index contributed by atoms with van der Waals surface area (Å²) in [6, 6.07) is 6.75. The van der Waals surface area contributed by atoms with Gasteiger partial charge in [0.05, 0.1) is 19.8 Å². The van der Waals surface area contributed by atoms with Gasteiger partial charge in [-0.05, 0) is 30.7 Å². The molecule has 0 atom stereocenters. The van der Waals surface area contributed by atoms with Crippen molar-refractivity contribution in [2.45, 2.75) is 12.6 Å². The third-order valence-electron chi connectivity index (χ3n) is 2.52. The lowest BCUT2D eigenvalue weighted by Crippen LogP contribution is -2.37. The molecule has 0 bridgehead atoms. The van der Waals surface area contributed by atoms with Crippen molar-refractivity contribution in [3.05, 3.63) is 29.3 Å². The van der Waals surface area contributed by atoms with Gasteiger partial charge in [0.25, 0.3) is 0 Å². The van der Waals surface area contributed by atoms with Crippen LogP contribution in [0.1, 0.15) is 6.42 Å². The topological polar surface area (TPSA) is 32.7 Å². The predicted molar refractivity (Wildman–Crippen MR) is 71.1 cm³/mol. The summed E-state index contributed by atoms with van der Waals surface area (Å²) in [6.45, 7) is -0.793. The highest BCUT2D eigenvalue weighted by atomic mass is 35.5. The summed E-state index contributed by atoms with van der Waals surface area (Å²) in [5, 5.41) is 9.34. The molecule has 3 nitrogen and oxygen atoms in total. The average Bonchev–Trinajstić information content (AvgIpc) is 2.35. The van der Waals surface area contributed by atoms with E-state index in [1.54, 1.807) is 24.3 Å². The lowest BCUT2D eigenvalue weighted by molar-refractivity contribution is -0.147. The van der Waals surface area contributed by atoms with Crippen LogP contribution in [-0.4, -0.2) is 49.0 Å². The first-order valence-corrected chi connectivity index (χ1v) is 6.57. The van der Waals surface area contributed by atoms with Crippen LogP contribution in [0.2, 0.25) is 5.02 Å².